The van der Waals surface area contributed by atoms with Gasteiger partial charge in [-0.15, -0.1) is 0 Å². The lowest BCUT2D eigenvalue weighted by Gasteiger charge is -2.25. The molecule has 2 fully saturated rings. The lowest BCUT2D eigenvalue weighted by atomic mass is 9.99. The number of carbonyl (C=O) groups is 3. The lowest BCUT2D eigenvalue weighted by Crippen LogP contribution is -2.49. The second-order valence-corrected chi connectivity index (χ2v) is 8.19. The van der Waals surface area contributed by atoms with Crippen molar-refractivity contribution < 1.29 is 14.4 Å². The van der Waals surface area contributed by atoms with Crippen molar-refractivity contribution >= 4 is 39.5 Å². The molecule has 2 aromatic carbocycles. The van der Waals surface area contributed by atoms with Crippen molar-refractivity contribution in [1.82, 2.24) is 15.5 Å². The monoisotopic (exact) mass is 456 g/mol. The van der Waals surface area contributed by atoms with E-state index in [1.165, 1.54) is 0 Å². The average Bonchev–Trinajstić information content (AvgIpc) is 3.28. The lowest BCUT2D eigenvalue weighted by molar-refractivity contribution is -0.133. The van der Waals surface area contributed by atoms with E-state index in [2.05, 4.69) is 26.6 Å². The van der Waals surface area contributed by atoms with Crippen LogP contribution in [0.25, 0.3) is 0 Å². The molecule has 0 aromatic heterocycles. The topological polar surface area (TPSA) is 81.8 Å². The molecule has 0 radical (unpaired) electrons. The Morgan fingerprint density at radius 2 is 1.83 bits per heavy atom. The van der Waals surface area contributed by atoms with Gasteiger partial charge in [-0.3, -0.25) is 14.5 Å². The van der Waals surface area contributed by atoms with Crippen molar-refractivity contribution in [2.24, 2.45) is 0 Å². The average molecular weight is 457 g/mol. The largest absolute Gasteiger partial charge is 0.325 e. The smallest absolute Gasteiger partial charge is 0.322 e. The van der Waals surface area contributed by atoms with Crippen LogP contribution in [0.5, 0.6) is 0 Å². The summed E-state index contributed by atoms with van der Waals surface area (Å²) < 4.78 is 0.901. The van der Waals surface area contributed by atoms with Crippen LogP contribution in [-0.2, 0) is 16.1 Å². The van der Waals surface area contributed by atoms with Gasteiger partial charge >= 0.3 is 6.03 Å². The number of carbonyl (C=O) groups excluding carboxylic acids is 3. The molecule has 1 spiro atoms. The zero-order chi connectivity index (χ0) is 20.4. The highest BCUT2D eigenvalue weighted by atomic mass is 79.9. The highest BCUT2D eigenvalue weighted by Crippen LogP contribution is 2.26. The fourth-order valence-corrected chi connectivity index (χ4v) is 4.00. The SMILES string of the molecule is O=C1NC2(CCNC2)C(=O)N1CC(=O)N(Cc1ccccc1)c1ccc(Br)cc1. The van der Waals surface area contributed by atoms with Crippen molar-refractivity contribution in [2.75, 3.05) is 24.5 Å². The number of halogens is 1. The number of anilines is 1. The van der Waals surface area contributed by atoms with Gasteiger partial charge in [-0.25, -0.2) is 4.79 Å². The number of imide groups is 1. The molecule has 7 nitrogen and oxygen atoms in total. The van der Waals surface area contributed by atoms with E-state index in [1.54, 1.807) is 4.90 Å². The first-order chi connectivity index (χ1) is 14.0. The molecule has 1 atom stereocenters. The third kappa shape index (κ3) is 3.90. The molecule has 29 heavy (non-hydrogen) atoms. The van der Waals surface area contributed by atoms with Gasteiger partial charge in [0.25, 0.3) is 5.91 Å². The Morgan fingerprint density at radius 3 is 2.48 bits per heavy atom. The first-order valence-corrected chi connectivity index (χ1v) is 10.2. The molecule has 2 saturated heterocycles. The van der Waals surface area contributed by atoms with E-state index in [0.29, 0.717) is 31.7 Å². The fraction of sp³-hybridized carbons (Fsp3) is 0.286. The summed E-state index contributed by atoms with van der Waals surface area (Å²) in [6.07, 6.45) is 0.530. The van der Waals surface area contributed by atoms with Crippen LogP contribution in [0.15, 0.2) is 59.1 Å². The Bertz CT molecular complexity index is 927. The van der Waals surface area contributed by atoms with Crippen LogP contribution in [0.3, 0.4) is 0 Å². The molecule has 4 rings (SSSR count). The summed E-state index contributed by atoms with van der Waals surface area (Å²) >= 11 is 3.40. The fourth-order valence-electron chi connectivity index (χ4n) is 3.73. The third-order valence-electron chi connectivity index (χ3n) is 5.32. The summed E-state index contributed by atoms with van der Waals surface area (Å²) in [7, 11) is 0. The van der Waals surface area contributed by atoms with Crippen molar-refractivity contribution in [3.63, 3.8) is 0 Å². The van der Waals surface area contributed by atoms with Gasteiger partial charge in [0.1, 0.15) is 12.1 Å². The van der Waals surface area contributed by atoms with E-state index in [0.717, 1.165) is 14.9 Å². The summed E-state index contributed by atoms with van der Waals surface area (Å²) in [6.45, 7) is 1.10. The van der Waals surface area contributed by atoms with Gasteiger partial charge in [-0.2, -0.15) is 0 Å². The summed E-state index contributed by atoms with van der Waals surface area (Å²) in [6, 6.07) is 16.5. The molecule has 150 valence electrons. The van der Waals surface area contributed by atoms with Crippen LogP contribution in [-0.4, -0.2) is 47.9 Å². The van der Waals surface area contributed by atoms with Crippen LogP contribution in [0, 0.1) is 0 Å². The van der Waals surface area contributed by atoms with Crippen molar-refractivity contribution in [3.05, 3.63) is 64.6 Å². The van der Waals surface area contributed by atoms with Crippen LogP contribution in [0.1, 0.15) is 12.0 Å². The Morgan fingerprint density at radius 1 is 1.10 bits per heavy atom. The van der Waals surface area contributed by atoms with Gasteiger partial charge in [0.15, 0.2) is 0 Å². The molecular formula is C21H21BrN4O3. The van der Waals surface area contributed by atoms with Crippen LogP contribution in [0.2, 0.25) is 0 Å². The first-order valence-electron chi connectivity index (χ1n) is 9.43. The molecule has 2 aliphatic heterocycles. The van der Waals surface area contributed by atoms with Crippen molar-refractivity contribution in [2.45, 2.75) is 18.5 Å². The highest BCUT2D eigenvalue weighted by Gasteiger charge is 2.53. The predicted molar refractivity (Wildman–Crippen MR) is 112 cm³/mol. The van der Waals surface area contributed by atoms with Gasteiger partial charge in [0, 0.05) is 16.7 Å². The maximum atomic E-state index is 13.2. The van der Waals surface area contributed by atoms with Crippen LogP contribution >= 0.6 is 15.9 Å². The molecule has 0 bridgehead atoms. The normalized spacial score (nSPS) is 20.9. The molecule has 0 aliphatic carbocycles. The number of benzene rings is 2. The first kappa shape index (κ1) is 19.6. The predicted octanol–water partition coefficient (Wildman–Crippen LogP) is 2.27. The molecular weight excluding hydrogens is 436 g/mol. The zero-order valence-electron chi connectivity index (χ0n) is 15.7. The third-order valence-corrected chi connectivity index (χ3v) is 5.85. The molecule has 0 saturated carbocycles. The maximum absolute atomic E-state index is 13.2. The quantitative estimate of drug-likeness (QED) is 0.676. The second-order valence-electron chi connectivity index (χ2n) is 7.27. The van der Waals surface area contributed by atoms with Gasteiger partial charge < -0.3 is 15.5 Å². The summed E-state index contributed by atoms with van der Waals surface area (Å²) in [5, 5.41) is 5.87. The molecule has 2 N–H and O–H groups in total. The maximum Gasteiger partial charge on any atom is 0.325 e. The standard InChI is InChI=1S/C21H21BrN4O3/c22-16-6-8-17(9-7-16)25(12-15-4-2-1-3-5-15)18(27)13-26-19(28)21(24-20(26)29)10-11-23-14-21/h1-9,23H,10-14H2,(H,24,29). The molecule has 4 amide bonds. The Labute approximate surface area is 177 Å². The van der Waals surface area contributed by atoms with E-state index < -0.39 is 11.6 Å². The molecule has 2 heterocycles. The van der Waals surface area contributed by atoms with E-state index in [9.17, 15) is 14.4 Å². The Balaban J connectivity index is 1.57. The number of nitrogens with one attached hydrogen (secondary N) is 2. The van der Waals surface area contributed by atoms with E-state index in [4.69, 9.17) is 0 Å². The van der Waals surface area contributed by atoms with Gasteiger partial charge in [0.2, 0.25) is 5.91 Å². The number of urea groups is 1. The summed E-state index contributed by atoms with van der Waals surface area (Å²) in [4.78, 5) is 41.1. The molecule has 2 aromatic rings. The Kier molecular flexibility index (Phi) is 5.38. The van der Waals surface area contributed by atoms with E-state index in [1.807, 2.05) is 54.6 Å². The number of amides is 4. The summed E-state index contributed by atoms with van der Waals surface area (Å²) in [5.74, 6) is -0.654. The number of hydrogen-bond donors (Lipinski definition) is 2. The van der Waals surface area contributed by atoms with Gasteiger partial charge in [0.05, 0.1) is 6.54 Å². The van der Waals surface area contributed by atoms with Crippen LogP contribution in [0.4, 0.5) is 10.5 Å². The van der Waals surface area contributed by atoms with Gasteiger partial charge in [-0.1, -0.05) is 46.3 Å². The zero-order valence-corrected chi connectivity index (χ0v) is 17.3. The van der Waals surface area contributed by atoms with E-state index >= 15 is 0 Å². The number of rotatable bonds is 5. The van der Waals surface area contributed by atoms with Crippen LogP contribution < -0.4 is 15.5 Å². The number of nitrogens with zero attached hydrogens (tertiary/aromatic N) is 2. The van der Waals surface area contributed by atoms with E-state index in [-0.39, 0.29) is 18.4 Å². The highest BCUT2D eigenvalue weighted by molar-refractivity contribution is 9.10. The molecule has 8 heteroatoms. The van der Waals surface area contributed by atoms with Crippen molar-refractivity contribution in [3.8, 4) is 0 Å². The summed E-state index contributed by atoms with van der Waals surface area (Å²) in [5.41, 5.74) is 0.739. The number of hydrogen-bond acceptors (Lipinski definition) is 4. The minimum Gasteiger partial charge on any atom is -0.322 e. The van der Waals surface area contributed by atoms with Gasteiger partial charge in [-0.05, 0) is 42.8 Å². The minimum absolute atomic E-state index is 0.296. The van der Waals surface area contributed by atoms with Crippen molar-refractivity contribution in [1.29, 1.82) is 0 Å². The molecule has 1 unspecified atom stereocenters. The molecule has 2 aliphatic rings. The second kappa shape index (κ2) is 7.96. The Hall–Kier alpha value is -2.71. The minimum atomic E-state index is -0.917.